The van der Waals surface area contributed by atoms with E-state index in [-0.39, 0.29) is 5.92 Å². The highest BCUT2D eigenvalue weighted by Gasteiger charge is 2.10. The lowest BCUT2D eigenvalue weighted by Gasteiger charge is -2.06. The Kier molecular flexibility index (Phi) is 3.69. The molecule has 0 saturated heterocycles. The van der Waals surface area contributed by atoms with Crippen molar-refractivity contribution in [3.05, 3.63) is 35.9 Å². The van der Waals surface area contributed by atoms with Gasteiger partial charge in [0, 0.05) is 12.3 Å². The van der Waals surface area contributed by atoms with Gasteiger partial charge in [-0.2, -0.15) is 0 Å². The summed E-state index contributed by atoms with van der Waals surface area (Å²) in [5.41, 5.74) is 1.12. The lowest BCUT2D eigenvalue weighted by molar-refractivity contribution is -0.121. The smallest absolute Gasteiger partial charge is 0.140 e. The van der Waals surface area contributed by atoms with Crippen molar-refractivity contribution in [2.24, 2.45) is 5.92 Å². The molecule has 1 aromatic carbocycles. The van der Waals surface area contributed by atoms with E-state index in [0.717, 1.165) is 12.0 Å². The molecule has 0 heterocycles. The second-order valence-electron chi connectivity index (χ2n) is 3.44. The molecule has 1 heteroatoms. The molecule has 0 aromatic heterocycles. The Morgan fingerprint density at radius 1 is 1.31 bits per heavy atom. The molecule has 0 amide bonds. The molecular formula is C12H16O. The number of carbonyl (C=O) groups is 1. The second kappa shape index (κ2) is 4.80. The van der Waals surface area contributed by atoms with Crippen LogP contribution in [-0.4, -0.2) is 5.78 Å². The first-order valence-corrected chi connectivity index (χ1v) is 4.80. The van der Waals surface area contributed by atoms with Gasteiger partial charge < -0.3 is 0 Å². The Morgan fingerprint density at radius 2 is 1.92 bits per heavy atom. The van der Waals surface area contributed by atoms with E-state index in [4.69, 9.17) is 0 Å². The summed E-state index contributed by atoms with van der Waals surface area (Å²) < 4.78 is 0. The highest BCUT2D eigenvalue weighted by atomic mass is 16.1. The fourth-order valence-corrected chi connectivity index (χ4v) is 1.20. The van der Waals surface area contributed by atoms with Crippen molar-refractivity contribution >= 4 is 5.78 Å². The first-order valence-electron chi connectivity index (χ1n) is 4.80. The maximum atomic E-state index is 11.5. The third-order valence-corrected chi connectivity index (χ3v) is 2.38. The van der Waals surface area contributed by atoms with E-state index in [0.29, 0.717) is 12.2 Å². The monoisotopic (exact) mass is 176 g/mol. The third kappa shape index (κ3) is 3.02. The zero-order valence-corrected chi connectivity index (χ0v) is 8.29. The van der Waals surface area contributed by atoms with E-state index < -0.39 is 0 Å². The topological polar surface area (TPSA) is 17.1 Å². The van der Waals surface area contributed by atoms with Crippen molar-refractivity contribution in [2.45, 2.75) is 26.7 Å². The maximum Gasteiger partial charge on any atom is 0.140 e. The van der Waals surface area contributed by atoms with Gasteiger partial charge >= 0.3 is 0 Å². The molecule has 0 bridgehead atoms. The van der Waals surface area contributed by atoms with E-state index >= 15 is 0 Å². The SMILES string of the molecule is CC[C@@H](C)C(=O)Cc1ccccc1. The standard InChI is InChI=1S/C12H16O/c1-3-10(2)12(13)9-11-7-5-4-6-8-11/h4-8,10H,3,9H2,1-2H3/t10-/m1/s1. The van der Waals surface area contributed by atoms with Crippen LogP contribution in [0.4, 0.5) is 0 Å². The average Bonchev–Trinajstić information content (AvgIpc) is 2.18. The number of rotatable bonds is 4. The van der Waals surface area contributed by atoms with Crippen LogP contribution in [0.15, 0.2) is 30.3 Å². The molecule has 0 N–H and O–H groups in total. The van der Waals surface area contributed by atoms with Crippen LogP contribution in [0.2, 0.25) is 0 Å². The van der Waals surface area contributed by atoms with Crippen molar-refractivity contribution in [3.63, 3.8) is 0 Å². The molecule has 0 fully saturated rings. The maximum absolute atomic E-state index is 11.5. The predicted molar refractivity (Wildman–Crippen MR) is 54.6 cm³/mol. The Morgan fingerprint density at radius 3 is 2.46 bits per heavy atom. The number of hydrogen-bond acceptors (Lipinski definition) is 1. The molecule has 0 aliphatic rings. The van der Waals surface area contributed by atoms with Crippen molar-refractivity contribution in [1.29, 1.82) is 0 Å². The van der Waals surface area contributed by atoms with Gasteiger partial charge in [-0.3, -0.25) is 4.79 Å². The number of carbonyl (C=O) groups excluding carboxylic acids is 1. The van der Waals surface area contributed by atoms with Gasteiger partial charge in [-0.1, -0.05) is 44.2 Å². The van der Waals surface area contributed by atoms with Crippen LogP contribution in [0, 0.1) is 5.92 Å². The highest BCUT2D eigenvalue weighted by Crippen LogP contribution is 2.08. The van der Waals surface area contributed by atoms with Gasteiger partial charge in [-0.05, 0) is 12.0 Å². The molecule has 0 aliphatic heterocycles. The van der Waals surface area contributed by atoms with Crippen LogP contribution in [0.25, 0.3) is 0 Å². The van der Waals surface area contributed by atoms with Crippen LogP contribution in [0.3, 0.4) is 0 Å². The highest BCUT2D eigenvalue weighted by molar-refractivity contribution is 5.82. The zero-order chi connectivity index (χ0) is 9.68. The van der Waals surface area contributed by atoms with Gasteiger partial charge in [0.05, 0.1) is 0 Å². The van der Waals surface area contributed by atoms with Gasteiger partial charge in [-0.25, -0.2) is 0 Å². The van der Waals surface area contributed by atoms with Crippen molar-refractivity contribution in [1.82, 2.24) is 0 Å². The van der Waals surface area contributed by atoms with Crippen molar-refractivity contribution in [3.8, 4) is 0 Å². The number of hydrogen-bond donors (Lipinski definition) is 0. The van der Waals surface area contributed by atoms with Crippen LogP contribution < -0.4 is 0 Å². The van der Waals surface area contributed by atoms with Gasteiger partial charge in [0.15, 0.2) is 0 Å². The van der Waals surface area contributed by atoms with Crippen LogP contribution >= 0.6 is 0 Å². The minimum absolute atomic E-state index is 0.195. The molecule has 0 unspecified atom stereocenters. The summed E-state index contributed by atoms with van der Waals surface area (Å²) in [6.45, 7) is 4.04. The van der Waals surface area contributed by atoms with Gasteiger partial charge in [-0.15, -0.1) is 0 Å². The fourth-order valence-electron chi connectivity index (χ4n) is 1.20. The van der Waals surface area contributed by atoms with E-state index in [1.165, 1.54) is 0 Å². The molecule has 1 nitrogen and oxygen atoms in total. The molecule has 1 rings (SSSR count). The molecule has 1 aromatic rings. The fraction of sp³-hybridized carbons (Fsp3) is 0.417. The molecule has 0 radical (unpaired) electrons. The van der Waals surface area contributed by atoms with Crippen LogP contribution in [0.1, 0.15) is 25.8 Å². The molecule has 0 saturated carbocycles. The lowest BCUT2D eigenvalue weighted by atomic mass is 9.98. The van der Waals surface area contributed by atoms with E-state index in [1.54, 1.807) is 0 Å². The van der Waals surface area contributed by atoms with Crippen LogP contribution in [-0.2, 0) is 11.2 Å². The average molecular weight is 176 g/mol. The third-order valence-electron chi connectivity index (χ3n) is 2.38. The Bertz CT molecular complexity index is 264. The molecule has 13 heavy (non-hydrogen) atoms. The molecular weight excluding hydrogens is 160 g/mol. The Hall–Kier alpha value is -1.11. The van der Waals surface area contributed by atoms with E-state index in [9.17, 15) is 4.79 Å². The summed E-state index contributed by atoms with van der Waals surface area (Å²) in [5.74, 6) is 0.536. The number of benzene rings is 1. The van der Waals surface area contributed by atoms with Gasteiger partial charge in [0.25, 0.3) is 0 Å². The van der Waals surface area contributed by atoms with Gasteiger partial charge in [0.2, 0.25) is 0 Å². The quantitative estimate of drug-likeness (QED) is 0.689. The van der Waals surface area contributed by atoms with Gasteiger partial charge in [0.1, 0.15) is 5.78 Å². The predicted octanol–water partition coefficient (Wildman–Crippen LogP) is 2.84. The summed E-state index contributed by atoms with van der Waals surface area (Å²) >= 11 is 0. The summed E-state index contributed by atoms with van der Waals surface area (Å²) in [6, 6.07) is 9.91. The Balaban J connectivity index is 2.55. The molecule has 1 atom stereocenters. The van der Waals surface area contributed by atoms with E-state index in [1.807, 2.05) is 44.2 Å². The first kappa shape index (κ1) is 9.97. The second-order valence-corrected chi connectivity index (χ2v) is 3.44. The summed E-state index contributed by atoms with van der Waals surface area (Å²) in [7, 11) is 0. The largest absolute Gasteiger partial charge is 0.299 e. The molecule has 0 aliphatic carbocycles. The number of Topliss-reactive ketones (excluding diaryl/α,β-unsaturated/α-hetero) is 1. The van der Waals surface area contributed by atoms with Crippen molar-refractivity contribution in [2.75, 3.05) is 0 Å². The minimum Gasteiger partial charge on any atom is -0.299 e. The lowest BCUT2D eigenvalue weighted by Crippen LogP contribution is -2.12. The van der Waals surface area contributed by atoms with E-state index in [2.05, 4.69) is 0 Å². The first-order chi connectivity index (χ1) is 6.24. The molecule has 0 spiro atoms. The summed E-state index contributed by atoms with van der Waals surface area (Å²) in [6.07, 6.45) is 1.52. The number of ketones is 1. The summed E-state index contributed by atoms with van der Waals surface area (Å²) in [4.78, 5) is 11.5. The summed E-state index contributed by atoms with van der Waals surface area (Å²) in [5, 5.41) is 0. The normalized spacial score (nSPS) is 12.5. The Labute approximate surface area is 79.8 Å². The molecule has 70 valence electrons. The van der Waals surface area contributed by atoms with Crippen LogP contribution in [0.5, 0.6) is 0 Å². The van der Waals surface area contributed by atoms with Crippen molar-refractivity contribution < 1.29 is 4.79 Å². The minimum atomic E-state index is 0.195. The zero-order valence-electron chi connectivity index (χ0n) is 8.29.